The van der Waals surface area contributed by atoms with Crippen LogP contribution in [0.5, 0.6) is 11.5 Å². The molecule has 26 heavy (non-hydrogen) atoms. The predicted octanol–water partition coefficient (Wildman–Crippen LogP) is 3.90. The van der Waals surface area contributed by atoms with Crippen molar-refractivity contribution in [3.05, 3.63) is 58.6 Å². The molecule has 1 atom stereocenters. The Labute approximate surface area is 145 Å². The lowest BCUT2D eigenvalue weighted by atomic mass is 10.2. The molecule has 1 amide bonds. The van der Waals surface area contributed by atoms with Crippen LogP contribution in [0.4, 0.5) is 24.5 Å². The number of nitro benzene ring substituents is 1. The molecule has 0 aliphatic carbocycles. The number of carbonyl (C=O) groups is 1. The number of nitrogens with one attached hydrogen (secondary N) is 1. The molecule has 1 N–H and O–H groups in total. The summed E-state index contributed by atoms with van der Waals surface area (Å²) in [5, 5.41) is 13.4. The van der Waals surface area contributed by atoms with Crippen molar-refractivity contribution in [1.29, 1.82) is 0 Å². The summed E-state index contributed by atoms with van der Waals surface area (Å²) < 4.78 is 45.3. The fraction of sp³-hybridized carbons (Fsp3) is 0.188. The molecular formula is C16H13F3N2O5. The number of anilines is 1. The molecule has 0 fully saturated rings. The molecule has 2 aromatic rings. The van der Waals surface area contributed by atoms with Gasteiger partial charge in [0.15, 0.2) is 11.9 Å². The van der Waals surface area contributed by atoms with E-state index in [-0.39, 0.29) is 17.1 Å². The van der Waals surface area contributed by atoms with Gasteiger partial charge in [-0.1, -0.05) is 12.1 Å². The average Bonchev–Trinajstić information content (AvgIpc) is 2.55. The molecule has 138 valence electrons. The first-order valence-corrected chi connectivity index (χ1v) is 7.22. The molecule has 7 nitrogen and oxygen atoms in total. The summed E-state index contributed by atoms with van der Waals surface area (Å²) >= 11 is 0. The summed E-state index contributed by atoms with van der Waals surface area (Å²) in [4.78, 5) is 22.4. The van der Waals surface area contributed by atoms with E-state index in [9.17, 15) is 28.1 Å². The number of rotatable bonds is 6. The number of nitro groups is 1. The van der Waals surface area contributed by atoms with Gasteiger partial charge < -0.3 is 14.8 Å². The summed E-state index contributed by atoms with van der Waals surface area (Å²) in [6, 6.07) is 10.1. The molecule has 0 aromatic heterocycles. The van der Waals surface area contributed by atoms with Gasteiger partial charge in [0.05, 0.1) is 4.92 Å². The van der Waals surface area contributed by atoms with Crippen molar-refractivity contribution in [2.75, 3.05) is 5.32 Å². The van der Waals surface area contributed by atoms with Gasteiger partial charge in [-0.2, -0.15) is 0 Å². The zero-order valence-electron chi connectivity index (χ0n) is 13.3. The average molecular weight is 370 g/mol. The number of nitrogens with zero attached hydrogens (tertiary/aromatic N) is 1. The van der Waals surface area contributed by atoms with Gasteiger partial charge in [0.25, 0.3) is 5.91 Å². The summed E-state index contributed by atoms with van der Waals surface area (Å²) in [6.45, 7) is 1.38. The normalized spacial score (nSPS) is 12.2. The highest BCUT2D eigenvalue weighted by Crippen LogP contribution is 2.27. The maximum Gasteiger partial charge on any atom is 0.573 e. The third-order valence-corrected chi connectivity index (χ3v) is 3.09. The molecule has 0 aliphatic rings. The van der Waals surface area contributed by atoms with Crippen LogP contribution in [-0.4, -0.2) is 23.3 Å². The minimum Gasteiger partial charge on any atom is -0.474 e. The van der Waals surface area contributed by atoms with Crippen LogP contribution < -0.4 is 14.8 Å². The van der Waals surface area contributed by atoms with Crippen LogP contribution in [0.25, 0.3) is 0 Å². The van der Waals surface area contributed by atoms with E-state index in [2.05, 4.69) is 10.1 Å². The van der Waals surface area contributed by atoms with E-state index in [0.717, 1.165) is 12.1 Å². The second-order valence-electron chi connectivity index (χ2n) is 5.05. The Bertz CT molecular complexity index is 793. The van der Waals surface area contributed by atoms with Gasteiger partial charge in [-0.3, -0.25) is 14.9 Å². The van der Waals surface area contributed by atoms with Gasteiger partial charge in [0, 0.05) is 11.8 Å². The molecule has 0 radical (unpaired) electrons. The lowest BCUT2D eigenvalue weighted by Gasteiger charge is -2.15. The monoisotopic (exact) mass is 370 g/mol. The standard InChI is InChI=1S/C16H13F3N2O5/c1-10(25-14-5-3-2-4-13(14)21(23)24)15(22)20-11-6-8-12(9-7-11)26-16(17,18)19/h2-10H,1H3,(H,20,22). The van der Waals surface area contributed by atoms with Crippen LogP contribution in [0.3, 0.4) is 0 Å². The van der Waals surface area contributed by atoms with Gasteiger partial charge in [-0.05, 0) is 37.3 Å². The molecule has 2 rings (SSSR count). The van der Waals surface area contributed by atoms with Gasteiger partial charge >= 0.3 is 12.0 Å². The number of ether oxygens (including phenoxy) is 2. The number of hydrogen-bond acceptors (Lipinski definition) is 5. The quantitative estimate of drug-likeness (QED) is 0.615. The largest absolute Gasteiger partial charge is 0.573 e. The van der Waals surface area contributed by atoms with E-state index in [1.54, 1.807) is 0 Å². The first-order chi connectivity index (χ1) is 12.2. The van der Waals surface area contributed by atoms with Crippen LogP contribution >= 0.6 is 0 Å². The molecule has 2 aromatic carbocycles. The number of alkyl halides is 3. The van der Waals surface area contributed by atoms with Crippen LogP contribution in [0.15, 0.2) is 48.5 Å². The molecule has 10 heteroatoms. The summed E-state index contributed by atoms with van der Waals surface area (Å²) in [7, 11) is 0. The fourth-order valence-corrected chi connectivity index (χ4v) is 1.94. The van der Waals surface area contributed by atoms with Crippen molar-refractivity contribution in [2.24, 2.45) is 0 Å². The highest BCUT2D eigenvalue weighted by molar-refractivity contribution is 5.94. The van der Waals surface area contributed by atoms with Crippen molar-refractivity contribution < 1.29 is 32.4 Å². The molecule has 0 aliphatic heterocycles. The smallest absolute Gasteiger partial charge is 0.474 e. The molecule has 0 bridgehead atoms. The third-order valence-electron chi connectivity index (χ3n) is 3.09. The number of para-hydroxylation sites is 2. The fourth-order valence-electron chi connectivity index (χ4n) is 1.94. The highest BCUT2D eigenvalue weighted by atomic mass is 19.4. The Morgan fingerprint density at radius 3 is 2.35 bits per heavy atom. The van der Waals surface area contributed by atoms with Crippen LogP contribution in [0.1, 0.15) is 6.92 Å². The van der Waals surface area contributed by atoms with E-state index in [1.807, 2.05) is 0 Å². The van der Waals surface area contributed by atoms with Crippen molar-refractivity contribution in [2.45, 2.75) is 19.4 Å². The zero-order chi connectivity index (χ0) is 19.3. The lowest BCUT2D eigenvalue weighted by molar-refractivity contribution is -0.386. The van der Waals surface area contributed by atoms with Crippen molar-refractivity contribution in [3.63, 3.8) is 0 Å². The Balaban J connectivity index is 2.00. The number of hydrogen-bond donors (Lipinski definition) is 1. The Kier molecular flexibility index (Phi) is 5.65. The first kappa shape index (κ1) is 19.0. The number of halogens is 3. The SMILES string of the molecule is CC(Oc1ccccc1[N+](=O)[O-])C(=O)Nc1ccc(OC(F)(F)F)cc1. The minimum absolute atomic E-state index is 0.0749. The molecule has 0 heterocycles. The van der Waals surface area contributed by atoms with E-state index in [4.69, 9.17) is 4.74 Å². The van der Waals surface area contributed by atoms with Gasteiger partial charge in [0.1, 0.15) is 5.75 Å². The molecular weight excluding hydrogens is 357 g/mol. The molecule has 0 spiro atoms. The van der Waals surface area contributed by atoms with Gasteiger partial charge in [0.2, 0.25) is 0 Å². The Hall–Kier alpha value is -3.30. The topological polar surface area (TPSA) is 90.7 Å². The molecule has 0 saturated heterocycles. The number of amides is 1. The van der Waals surface area contributed by atoms with Crippen molar-refractivity contribution >= 4 is 17.3 Å². The van der Waals surface area contributed by atoms with Crippen LogP contribution in [-0.2, 0) is 4.79 Å². The maximum atomic E-state index is 12.1. The Morgan fingerprint density at radius 2 is 1.77 bits per heavy atom. The highest BCUT2D eigenvalue weighted by Gasteiger charge is 2.31. The van der Waals surface area contributed by atoms with E-state index >= 15 is 0 Å². The summed E-state index contributed by atoms with van der Waals surface area (Å²) in [6.07, 6.45) is -5.89. The maximum absolute atomic E-state index is 12.1. The van der Waals surface area contributed by atoms with Crippen molar-refractivity contribution in [1.82, 2.24) is 0 Å². The second kappa shape index (κ2) is 7.72. The van der Waals surface area contributed by atoms with Crippen molar-refractivity contribution in [3.8, 4) is 11.5 Å². The van der Waals surface area contributed by atoms with Gasteiger partial charge in [-0.15, -0.1) is 13.2 Å². The summed E-state index contributed by atoms with van der Waals surface area (Å²) in [5.74, 6) is -1.14. The van der Waals surface area contributed by atoms with Crippen LogP contribution in [0, 0.1) is 10.1 Å². The van der Waals surface area contributed by atoms with E-state index in [1.165, 1.54) is 43.3 Å². The second-order valence-corrected chi connectivity index (χ2v) is 5.05. The van der Waals surface area contributed by atoms with E-state index in [0.29, 0.717) is 0 Å². The third kappa shape index (κ3) is 5.36. The van der Waals surface area contributed by atoms with Crippen LogP contribution in [0.2, 0.25) is 0 Å². The number of carbonyl (C=O) groups excluding carboxylic acids is 1. The van der Waals surface area contributed by atoms with Gasteiger partial charge in [-0.25, -0.2) is 0 Å². The molecule has 1 unspecified atom stereocenters. The summed E-state index contributed by atoms with van der Waals surface area (Å²) in [5.41, 5.74) is -0.0802. The zero-order valence-corrected chi connectivity index (χ0v) is 13.3. The Morgan fingerprint density at radius 1 is 1.15 bits per heavy atom. The number of benzene rings is 2. The minimum atomic E-state index is -4.81. The lowest BCUT2D eigenvalue weighted by Crippen LogP contribution is -2.30. The molecule has 0 saturated carbocycles. The van der Waals surface area contributed by atoms with E-state index < -0.39 is 29.0 Å². The first-order valence-electron chi connectivity index (χ1n) is 7.22. The predicted molar refractivity (Wildman–Crippen MR) is 84.9 cm³/mol.